The Labute approximate surface area is 118 Å². The van der Waals surface area contributed by atoms with Crippen molar-refractivity contribution < 1.29 is 19.4 Å². The lowest BCUT2D eigenvalue weighted by molar-refractivity contribution is -0.125. The van der Waals surface area contributed by atoms with Gasteiger partial charge in [0.2, 0.25) is 0 Å². The molecule has 0 bridgehead atoms. The zero-order valence-electron chi connectivity index (χ0n) is 11.8. The summed E-state index contributed by atoms with van der Waals surface area (Å²) in [6.45, 7) is 4.43. The molecule has 0 saturated carbocycles. The fraction of sp³-hybridized carbons (Fsp3) is 0.467. The molecule has 1 aromatic carbocycles. The highest BCUT2D eigenvalue weighted by Gasteiger charge is 2.31. The van der Waals surface area contributed by atoms with Gasteiger partial charge < -0.3 is 14.7 Å². The van der Waals surface area contributed by atoms with Crippen molar-refractivity contribution in [2.45, 2.75) is 39.2 Å². The van der Waals surface area contributed by atoms with Crippen LogP contribution in [0.4, 0.5) is 5.69 Å². The maximum atomic E-state index is 12.2. The monoisotopic (exact) mass is 277 g/mol. The van der Waals surface area contributed by atoms with Gasteiger partial charge in [0.05, 0.1) is 11.3 Å². The summed E-state index contributed by atoms with van der Waals surface area (Å²) in [5.41, 5.74) is 0.827. The highest BCUT2D eigenvalue weighted by atomic mass is 16.5. The van der Waals surface area contributed by atoms with E-state index in [2.05, 4.69) is 6.92 Å². The van der Waals surface area contributed by atoms with Gasteiger partial charge in [0.15, 0.2) is 6.10 Å². The first-order valence-electron chi connectivity index (χ1n) is 6.90. The quantitative estimate of drug-likeness (QED) is 0.840. The molecule has 1 N–H and O–H groups in total. The predicted octanol–water partition coefficient (Wildman–Crippen LogP) is 2.69. The minimum absolute atomic E-state index is 0.0725. The van der Waals surface area contributed by atoms with E-state index in [9.17, 15) is 9.59 Å². The van der Waals surface area contributed by atoms with Crippen LogP contribution < -0.4 is 9.64 Å². The average Bonchev–Trinajstić information content (AvgIpc) is 2.42. The molecule has 0 aliphatic carbocycles. The number of benzene rings is 1. The van der Waals surface area contributed by atoms with E-state index in [1.54, 1.807) is 17.9 Å². The number of carbonyl (C=O) groups excluding carboxylic acids is 1. The lowest BCUT2D eigenvalue weighted by atomic mass is 10.1. The summed E-state index contributed by atoms with van der Waals surface area (Å²) in [5.74, 6) is -0.608. The first-order chi connectivity index (χ1) is 9.54. The number of anilines is 1. The Morgan fingerprint density at radius 3 is 2.80 bits per heavy atom. The van der Waals surface area contributed by atoms with Gasteiger partial charge in [-0.1, -0.05) is 19.8 Å². The Balaban J connectivity index is 2.30. The lowest BCUT2D eigenvalue weighted by Gasteiger charge is -2.33. The SMILES string of the molecule is CCCCCN1C(=O)C(C)Oc2cc(C(=O)O)ccc21. The second-order valence-corrected chi connectivity index (χ2v) is 4.94. The highest BCUT2D eigenvalue weighted by Crippen LogP contribution is 2.35. The first-order valence-corrected chi connectivity index (χ1v) is 6.90. The van der Waals surface area contributed by atoms with Gasteiger partial charge in [-0.25, -0.2) is 4.79 Å². The van der Waals surface area contributed by atoms with Crippen molar-refractivity contribution in [3.05, 3.63) is 23.8 Å². The summed E-state index contributed by atoms with van der Waals surface area (Å²) in [4.78, 5) is 24.9. The number of ether oxygens (including phenoxy) is 1. The van der Waals surface area contributed by atoms with Crippen LogP contribution >= 0.6 is 0 Å². The number of carbonyl (C=O) groups is 2. The number of carboxylic acid groups (broad SMARTS) is 1. The zero-order chi connectivity index (χ0) is 14.7. The van der Waals surface area contributed by atoms with Crippen LogP contribution in [0.25, 0.3) is 0 Å². The van der Waals surface area contributed by atoms with Gasteiger partial charge in [0.25, 0.3) is 5.91 Å². The van der Waals surface area contributed by atoms with E-state index in [1.165, 1.54) is 12.1 Å². The summed E-state index contributed by atoms with van der Waals surface area (Å²) < 4.78 is 5.52. The Kier molecular flexibility index (Phi) is 4.27. The predicted molar refractivity (Wildman–Crippen MR) is 75.4 cm³/mol. The van der Waals surface area contributed by atoms with Crippen LogP contribution in [0.5, 0.6) is 5.75 Å². The van der Waals surface area contributed by atoms with Crippen molar-refractivity contribution in [3.63, 3.8) is 0 Å². The first kappa shape index (κ1) is 14.4. The van der Waals surface area contributed by atoms with Crippen LogP contribution in [0.3, 0.4) is 0 Å². The molecule has 1 heterocycles. The van der Waals surface area contributed by atoms with Gasteiger partial charge in [0.1, 0.15) is 5.75 Å². The van der Waals surface area contributed by atoms with E-state index in [1.807, 2.05) is 0 Å². The van der Waals surface area contributed by atoms with E-state index in [0.717, 1.165) is 19.3 Å². The summed E-state index contributed by atoms with van der Waals surface area (Å²) >= 11 is 0. The minimum atomic E-state index is -1.00. The van der Waals surface area contributed by atoms with Crippen LogP contribution in [0.2, 0.25) is 0 Å². The number of unbranched alkanes of at least 4 members (excludes halogenated alkanes) is 2. The third-order valence-corrected chi connectivity index (χ3v) is 3.40. The molecule has 0 spiro atoms. The fourth-order valence-electron chi connectivity index (χ4n) is 2.29. The maximum Gasteiger partial charge on any atom is 0.335 e. The lowest BCUT2D eigenvalue weighted by Crippen LogP contribution is -2.44. The summed E-state index contributed by atoms with van der Waals surface area (Å²) in [5, 5.41) is 9.01. The average molecular weight is 277 g/mol. The minimum Gasteiger partial charge on any atom is -0.479 e. The smallest absolute Gasteiger partial charge is 0.335 e. The van der Waals surface area contributed by atoms with E-state index in [-0.39, 0.29) is 11.5 Å². The molecule has 1 amide bonds. The molecule has 20 heavy (non-hydrogen) atoms. The van der Waals surface area contributed by atoms with Gasteiger partial charge >= 0.3 is 5.97 Å². The zero-order valence-corrected chi connectivity index (χ0v) is 11.8. The maximum absolute atomic E-state index is 12.2. The number of hydrogen-bond acceptors (Lipinski definition) is 3. The number of fused-ring (bicyclic) bond motifs is 1. The third kappa shape index (κ3) is 2.76. The summed E-state index contributed by atoms with van der Waals surface area (Å²) in [6, 6.07) is 4.63. The van der Waals surface area contributed by atoms with Gasteiger partial charge in [-0.05, 0) is 31.5 Å². The number of aromatic carboxylic acids is 1. The molecule has 1 aliphatic heterocycles. The second kappa shape index (κ2) is 5.94. The van der Waals surface area contributed by atoms with Crippen molar-refractivity contribution in [1.29, 1.82) is 0 Å². The van der Waals surface area contributed by atoms with Crippen LogP contribution in [-0.4, -0.2) is 29.6 Å². The van der Waals surface area contributed by atoms with Crippen LogP contribution in [-0.2, 0) is 4.79 Å². The van der Waals surface area contributed by atoms with Gasteiger partial charge in [-0.2, -0.15) is 0 Å². The Morgan fingerprint density at radius 2 is 2.15 bits per heavy atom. The molecule has 0 radical (unpaired) electrons. The molecule has 5 heteroatoms. The van der Waals surface area contributed by atoms with Gasteiger partial charge in [-0.3, -0.25) is 4.79 Å². The van der Waals surface area contributed by atoms with Gasteiger partial charge in [0, 0.05) is 6.54 Å². The highest BCUT2D eigenvalue weighted by molar-refractivity contribution is 6.00. The Morgan fingerprint density at radius 1 is 1.40 bits per heavy atom. The molecular formula is C15H19NO4. The number of rotatable bonds is 5. The normalized spacial score (nSPS) is 17.6. The molecule has 5 nitrogen and oxygen atoms in total. The standard InChI is InChI=1S/C15H19NO4/c1-3-4-5-8-16-12-7-6-11(15(18)19)9-13(12)20-10(2)14(16)17/h6-7,9-10H,3-5,8H2,1-2H3,(H,18,19). The summed E-state index contributed by atoms with van der Waals surface area (Å²) in [6.07, 6.45) is 2.49. The van der Waals surface area contributed by atoms with E-state index < -0.39 is 12.1 Å². The molecule has 1 atom stereocenters. The summed E-state index contributed by atoms with van der Waals surface area (Å²) in [7, 11) is 0. The van der Waals surface area contributed by atoms with E-state index >= 15 is 0 Å². The molecule has 2 rings (SSSR count). The van der Waals surface area contributed by atoms with Crippen LogP contribution in [0.15, 0.2) is 18.2 Å². The van der Waals surface area contributed by atoms with E-state index in [0.29, 0.717) is 18.0 Å². The van der Waals surface area contributed by atoms with Crippen molar-refractivity contribution >= 4 is 17.6 Å². The molecule has 108 valence electrons. The topological polar surface area (TPSA) is 66.8 Å². The molecule has 1 unspecified atom stereocenters. The fourth-order valence-corrected chi connectivity index (χ4v) is 2.29. The number of amides is 1. The number of nitrogens with zero attached hydrogens (tertiary/aromatic N) is 1. The third-order valence-electron chi connectivity index (χ3n) is 3.40. The van der Waals surface area contributed by atoms with Crippen molar-refractivity contribution in [2.75, 3.05) is 11.4 Å². The van der Waals surface area contributed by atoms with E-state index in [4.69, 9.17) is 9.84 Å². The van der Waals surface area contributed by atoms with Crippen LogP contribution in [0.1, 0.15) is 43.5 Å². The van der Waals surface area contributed by atoms with Crippen molar-refractivity contribution in [1.82, 2.24) is 0 Å². The molecule has 1 aliphatic rings. The Bertz CT molecular complexity index is 527. The number of hydrogen-bond donors (Lipinski definition) is 1. The molecule has 0 saturated heterocycles. The van der Waals surface area contributed by atoms with Crippen molar-refractivity contribution in [3.8, 4) is 5.75 Å². The second-order valence-electron chi connectivity index (χ2n) is 4.94. The van der Waals surface area contributed by atoms with Crippen LogP contribution in [0, 0.1) is 0 Å². The largest absolute Gasteiger partial charge is 0.479 e. The molecule has 1 aromatic rings. The Hall–Kier alpha value is -2.04. The molecule has 0 fully saturated rings. The van der Waals surface area contributed by atoms with Crippen molar-refractivity contribution in [2.24, 2.45) is 0 Å². The van der Waals surface area contributed by atoms with Gasteiger partial charge in [-0.15, -0.1) is 0 Å². The molecular weight excluding hydrogens is 258 g/mol. The number of carboxylic acids is 1. The molecule has 0 aromatic heterocycles.